The van der Waals surface area contributed by atoms with Crippen LogP contribution < -0.4 is 10.6 Å². The highest BCUT2D eigenvalue weighted by Gasteiger charge is 2.07. The Morgan fingerprint density at radius 3 is 2.95 bits per heavy atom. The summed E-state index contributed by atoms with van der Waals surface area (Å²) in [7, 11) is 0. The first kappa shape index (κ1) is 16.3. The van der Waals surface area contributed by atoms with E-state index in [-0.39, 0.29) is 24.8 Å². The summed E-state index contributed by atoms with van der Waals surface area (Å²) in [6.07, 6.45) is 0.0274. The van der Waals surface area contributed by atoms with E-state index in [1.165, 1.54) is 0 Å². The van der Waals surface area contributed by atoms with Crippen LogP contribution in [0, 0.1) is 0 Å². The fourth-order valence-electron chi connectivity index (χ4n) is 1.43. The highest BCUT2D eigenvalue weighted by atomic mass is 19.3. The summed E-state index contributed by atoms with van der Waals surface area (Å²) in [4.78, 5) is 15.7. The Hall–Kier alpha value is -1.76. The normalized spacial score (nSPS) is 10.6. The van der Waals surface area contributed by atoms with Gasteiger partial charge in [-0.1, -0.05) is 6.92 Å². The van der Waals surface area contributed by atoms with Gasteiger partial charge in [-0.15, -0.1) is 0 Å². The molecule has 112 valence electrons. The molecule has 5 nitrogen and oxygen atoms in total. The van der Waals surface area contributed by atoms with Crippen molar-refractivity contribution in [1.29, 1.82) is 0 Å². The second-order valence-corrected chi connectivity index (χ2v) is 4.08. The largest absolute Gasteiger partial charge is 0.385 e. The number of ether oxygens (including phenoxy) is 1. The van der Waals surface area contributed by atoms with Gasteiger partial charge in [0.15, 0.2) is 0 Å². The van der Waals surface area contributed by atoms with Gasteiger partial charge in [-0.25, -0.2) is 8.78 Å². The lowest BCUT2D eigenvalue weighted by Gasteiger charge is -2.08. The van der Waals surface area contributed by atoms with Gasteiger partial charge in [-0.3, -0.25) is 9.78 Å². The molecule has 0 radical (unpaired) electrons. The highest BCUT2D eigenvalue weighted by Crippen LogP contribution is 2.07. The molecule has 0 unspecified atom stereocenters. The van der Waals surface area contributed by atoms with Gasteiger partial charge in [-0.2, -0.15) is 0 Å². The van der Waals surface area contributed by atoms with Crippen LogP contribution in [-0.2, 0) is 4.74 Å². The van der Waals surface area contributed by atoms with Gasteiger partial charge in [0.1, 0.15) is 12.3 Å². The van der Waals surface area contributed by atoms with Gasteiger partial charge in [0, 0.05) is 25.0 Å². The fraction of sp³-hybridized carbons (Fsp3) is 0.538. The van der Waals surface area contributed by atoms with Crippen LogP contribution in [-0.4, -0.2) is 43.6 Å². The van der Waals surface area contributed by atoms with Crippen LogP contribution in [0.15, 0.2) is 18.3 Å². The smallest absolute Gasteiger partial charge is 0.270 e. The molecule has 1 heterocycles. The van der Waals surface area contributed by atoms with Gasteiger partial charge in [0.2, 0.25) is 0 Å². The molecule has 1 aromatic heterocycles. The molecule has 0 saturated heterocycles. The van der Waals surface area contributed by atoms with Gasteiger partial charge in [0.25, 0.3) is 12.3 Å². The molecule has 0 saturated carbocycles. The zero-order valence-electron chi connectivity index (χ0n) is 11.4. The number of pyridine rings is 1. The average Bonchev–Trinajstić information content (AvgIpc) is 2.44. The summed E-state index contributed by atoms with van der Waals surface area (Å²) in [5.41, 5.74) is 1.10. The summed E-state index contributed by atoms with van der Waals surface area (Å²) >= 11 is 0. The lowest BCUT2D eigenvalue weighted by molar-refractivity contribution is 0.0188. The van der Waals surface area contributed by atoms with Crippen molar-refractivity contribution < 1.29 is 18.3 Å². The van der Waals surface area contributed by atoms with Crippen molar-refractivity contribution in [3.8, 4) is 0 Å². The van der Waals surface area contributed by atoms with Crippen LogP contribution in [0.4, 0.5) is 14.5 Å². The molecule has 1 aromatic rings. The number of alkyl halides is 2. The Kier molecular flexibility index (Phi) is 7.49. The standard InChI is InChI=1S/C13H19F2N3O2/c1-2-4-16-10-3-5-17-11(8-10)13(19)18-6-7-20-9-12(14)15/h3,5,8,12H,2,4,6-7,9H2,1H3,(H,16,17)(H,18,19). The van der Waals surface area contributed by atoms with E-state index in [2.05, 4.69) is 20.4 Å². The minimum Gasteiger partial charge on any atom is -0.385 e. The topological polar surface area (TPSA) is 63.2 Å². The van der Waals surface area contributed by atoms with E-state index < -0.39 is 13.0 Å². The predicted octanol–water partition coefficient (Wildman–Crippen LogP) is 1.91. The molecule has 0 spiro atoms. The molecule has 0 aliphatic rings. The number of carbonyl (C=O) groups excluding carboxylic acids is 1. The molecule has 0 aliphatic carbocycles. The quantitative estimate of drug-likeness (QED) is 0.681. The Morgan fingerprint density at radius 1 is 1.45 bits per heavy atom. The maximum atomic E-state index is 11.8. The fourth-order valence-corrected chi connectivity index (χ4v) is 1.43. The monoisotopic (exact) mass is 287 g/mol. The molecule has 0 aromatic carbocycles. The molecule has 0 fully saturated rings. The van der Waals surface area contributed by atoms with Crippen molar-refractivity contribution in [2.45, 2.75) is 19.8 Å². The van der Waals surface area contributed by atoms with Crippen LogP contribution >= 0.6 is 0 Å². The Morgan fingerprint density at radius 2 is 2.25 bits per heavy atom. The van der Waals surface area contributed by atoms with Crippen LogP contribution in [0.5, 0.6) is 0 Å². The van der Waals surface area contributed by atoms with Gasteiger partial charge < -0.3 is 15.4 Å². The van der Waals surface area contributed by atoms with E-state index in [0.29, 0.717) is 0 Å². The van der Waals surface area contributed by atoms with Gasteiger partial charge in [0.05, 0.1) is 6.61 Å². The van der Waals surface area contributed by atoms with Gasteiger partial charge >= 0.3 is 0 Å². The molecule has 1 rings (SSSR count). The van der Waals surface area contributed by atoms with Crippen LogP contribution in [0.25, 0.3) is 0 Å². The maximum Gasteiger partial charge on any atom is 0.270 e. The Bertz CT molecular complexity index is 416. The second-order valence-electron chi connectivity index (χ2n) is 4.08. The van der Waals surface area contributed by atoms with Crippen LogP contribution in [0.3, 0.4) is 0 Å². The lowest BCUT2D eigenvalue weighted by Crippen LogP contribution is -2.28. The molecular weight excluding hydrogens is 268 g/mol. The molecule has 0 aliphatic heterocycles. The van der Waals surface area contributed by atoms with Crippen molar-refractivity contribution in [3.63, 3.8) is 0 Å². The molecule has 20 heavy (non-hydrogen) atoms. The third kappa shape index (κ3) is 6.42. The number of anilines is 1. The van der Waals surface area contributed by atoms with Crippen LogP contribution in [0.1, 0.15) is 23.8 Å². The lowest BCUT2D eigenvalue weighted by atomic mass is 10.3. The Balaban J connectivity index is 2.35. The number of carbonyl (C=O) groups is 1. The molecule has 2 N–H and O–H groups in total. The third-order valence-electron chi connectivity index (χ3n) is 2.35. The predicted molar refractivity (Wildman–Crippen MR) is 72.2 cm³/mol. The van der Waals surface area contributed by atoms with Crippen molar-refractivity contribution >= 4 is 11.6 Å². The zero-order valence-corrected chi connectivity index (χ0v) is 11.4. The first-order valence-corrected chi connectivity index (χ1v) is 6.47. The number of hydrogen-bond acceptors (Lipinski definition) is 4. The number of aromatic nitrogens is 1. The third-order valence-corrected chi connectivity index (χ3v) is 2.35. The zero-order chi connectivity index (χ0) is 14.8. The van der Waals surface area contributed by atoms with E-state index in [1.807, 2.05) is 6.92 Å². The minimum absolute atomic E-state index is 0.0455. The summed E-state index contributed by atoms with van der Waals surface area (Å²) in [6, 6.07) is 3.42. The second kappa shape index (κ2) is 9.19. The van der Waals surface area contributed by atoms with Crippen molar-refractivity contribution in [2.75, 3.05) is 31.6 Å². The van der Waals surface area contributed by atoms with E-state index in [1.54, 1.807) is 18.3 Å². The van der Waals surface area contributed by atoms with E-state index in [9.17, 15) is 13.6 Å². The number of hydrogen-bond donors (Lipinski definition) is 2. The SMILES string of the molecule is CCCNc1ccnc(C(=O)NCCOCC(F)F)c1. The number of amides is 1. The van der Waals surface area contributed by atoms with Crippen LogP contribution in [0.2, 0.25) is 0 Å². The first-order valence-electron chi connectivity index (χ1n) is 6.47. The number of halogens is 2. The molecule has 0 bridgehead atoms. The van der Waals surface area contributed by atoms with E-state index in [0.717, 1.165) is 18.7 Å². The minimum atomic E-state index is -2.49. The maximum absolute atomic E-state index is 11.8. The molecule has 1 amide bonds. The first-order chi connectivity index (χ1) is 9.63. The summed E-state index contributed by atoms with van der Waals surface area (Å²) in [5, 5.41) is 5.71. The van der Waals surface area contributed by atoms with Crippen molar-refractivity contribution in [3.05, 3.63) is 24.0 Å². The summed E-state index contributed by atoms with van der Waals surface area (Å²) in [6.45, 7) is 2.45. The van der Waals surface area contributed by atoms with E-state index in [4.69, 9.17) is 0 Å². The average molecular weight is 287 g/mol. The summed E-state index contributed by atoms with van der Waals surface area (Å²) in [5.74, 6) is -0.356. The summed E-state index contributed by atoms with van der Waals surface area (Å²) < 4.78 is 28.3. The number of nitrogens with one attached hydrogen (secondary N) is 2. The molecular formula is C13H19F2N3O2. The Labute approximate surface area is 116 Å². The number of rotatable bonds is 9. The van der Waals surface area contributed by atoms with E-state index >= 15 is 0 Å². The highest BCUT2D eigenvalue weighted by molar-refractivity contribution is 5.93. The molecule has 0 atom stereocenters. The number of nitrogens with zero attached hydrogens (tertiary/aromatic N) is 1. The van der Waals surface area contributed by atoms with Crippen molar-refractivity contribution in [1.82, 2.24) is 10.3 Å². The van der Waals surface area contributed by atoms with Crippen molar-refractivity contribution in [2.24, 2.45) is 0 Å². The van der Waals surface area contributed by atoms with Gasteiger partial charge in [-0.05, 0) is 18.6 Å². The molecule has 7 heteroatoms.